The van der Waals surface area contributed by atoms with Gasteiger partial charge in [0.05, 0.1) is 12.5 Å². The van der Waals surface area contributed by atoms with Crippen LogP contribution in [0.4, 0.5) is 0 Å². The predicted molar refractivity (Wildman–Crippen MR) is 78.7 cm³/mol. The van der Waals surface area contributed by atoms with Crippen molar-refractivity contribution in [2.45, 2.75) is 38.5 Å². The highest BCUT2D eigenvalue weighted by atomic mass is 16.2. The van der Waals surface area contributed by atoms with Crippen molar-refractivity contribution in [2.24, 2.45) is 11.8 Å². The number of hydrogen-bond acceptors (Lipinski definition) is 3. The van der Waals surface area contributed by atoms with Gasteiger partial charge in [-0.1, -0.05) is 11.6 Å². The second-order valence-corrected chi connectivity index (χ2v) is 5.93. The molecule has 5 nitrogen and oxygen atoms in total. The first kappa shape index (κ1) is 14.0. The number of hydrogen-bond donors (Lipinski definition) is 2. The summed E-state index contributed by atoms with van der Waals surface area (Å²) in [6.07, 6.45) is 11.8. The maximum absolute atomic E-state index is 12.0. The van der Waals surface area contributed by atoms with Crippen LogP contribution in [0.3, 0.4) is 0 Å². The average Bonchev–Trinajstić information content (AvgIpc) is 3.13. The predicted octanol–water partition coefficient (Wildman–Crippen LogP) is 2.24. The molecule has 1 heterocycles. The third-order valence-corrected chi connectivity index (χ3v) is 4.36. The molecule has 112 valence electrons. The van der Waals surface area contributed by atoms with E-state index >= 15 is 0 Å². The number of carbonyl (C=O) groups is 2. The fourth-order valence-corrected chi connectivity index (χ4v) is 2.97. The highest BCUT2D eigenvalue weighted by Gasteiger charge is 2.48. The topological polar surface area (TPSA) is 74.8 Å². The minimum atomic E-state index is -0.167. The standard InChI is InChI=1S/C16H21N3O2/c20-15(14-9-17-10-19-14)12-8-13(12)16(21)18-7-6-11-4-2-1-3-5-11/h4,9-10,12-13H,1-3,5-8H2,(H,17,19)(H,18,21)/t12-,13+/m0/s1. The van der Waals surface area contributed by atoms with Crippen LogP contribution in [0, 0.1) is 11.8 Å². The quantitative estimate of drug-likeness (QED) is 0.622. The molecule has 0 spiro atoms. The number of Topliss-reactive ketones (excluding diaryl/α,β-unsaturated/α-hetero) is 1. The van der Waals surface area contributed by atoms with Crippen molar-refractivity contribution < 1.29 is 9.59 Å². The molecule has 1 aromatic heterocycles. The van der Waals surface area contributed by atoms with Gasteiger partial charge in [-0.25, -0.2) is 4.98 Å². The number of rotatable bonds is 6. The van der Waals surface area contributed by atoms with E-state index in [1.807, 2.05) is 0 Å². The first-order valence-corrected chi connectivity index (χ1v) is 7.74. The van der Waals surface area contributed by atoms with Gasteiger partial charge in [0.15, 0.2) is 5.78 Å². The first-order chi connectivity index (χ1) is 10.3. The molecule has 2 atom stereocenters. The summed E-state index contributed by atoms with van der Waals surface area (Å²) in [6.45, 7) is 0.687. The van der Waals surface area contributed by atoms with Crippen LogP contribution in [-0.4, -0.2) is 28.2 Å². The minimum Gasteiger partial charge on any atom is -0.356 e. The van der Waals surface area contributed by atoms with Crippen molar-refractivity contribution in [3.8, 4) is 0 Å². The van der Waals surface area contributed by atoms with Crippen LogP contribution in [0.1, 0.15) is 49.0 Å². The smallest absolute Gasteiger partial charge is 0.223 e. The SMILES string of the molecule is O=C(c1cnc[nH]1)[C@H]1C[C@H]1C(=O)NCCC1=CCCCC1. The van der Waals surface area contributed by atoms with Crippen molar-refractivity contribution in [1.29, 1.82) is 0 Å². The lowest BCUT2D eigenvalue weighted by atomic mass is 9.97. The van der Waals surface area contributed by atoms with Gasteiger partial charge in [-0.2, -0.15) is 0 Å². The van der Waals surface area contributed by atoms with Crippen LogP contribution in [0.25, 0.3) is 0 Å². The van der Waals surface area contributed by atoms with Gasteiger partial charge < -0.3 is 10.3 Å². The van der Waals surface area contributed by atoms with Crippen molar-refractivity contribution in [2.75, 3.05) is 6.54 Å². The van der Waals surface area contributed by atoms with Crippen LogP contribution in [0.2, 0.25) is 0 Å². The summed E-state index contributed by atoms with van der Waals surface area (Å²) in [5, 5.41) is 2.96. The Morgan fingerprint density at radius 3 is 2.95 bits per heavy atom. The normalized spacial score (nSPS) is 24.3. The van der Waals surface area contributed by atoms with E-state index in [2.05, 4.69) is 21.4 Å². The number of allylic oxidation sites excluding steroid dienone is 1. The lowest BCUT2D eigenvalue weighted by Gasteiger charge is -2.12. The highest BCUT2D eigenvalue weighted by Crippen LogP contribution is 2.40. The van der Waals surface area contributed by atoms with E-state index in [9.17, 15) is 9.59 Å². The number of nitrogens with one attached hydrogen (secondary N) is 2. The average molecular weight is 287 g/mol. The van der Waals surface area contributed by atoms with Gasteiger partial charge >= 0.3 is 0 Å². The van der Waals surface area contributed by atoms with Gasteiger partial charge in [0.1, 0.15) is 5.69 Å². The molecule has 0 saturated heterocycles. The summed E-state index contributed by atoms with van der Waals surface area (Å²) in [7, 11) is 0. The van der Waals surface area contributed by atoms with E-state index in [4.69, 9.17) is 0 Å². The Bertz CT molecular complexity index is 548. The molecule has 1 fully saturated rings. The molecule has 0 unspecified atom stereocenters. The maximum Gasteiger partial charge on any atom is 0.223 e. The summed E-state index contributed by atoms with van der Waals surface area (Å²) >= 11 is 0. The third kappa shape index (κ3) is 3.40. The molecule has 0 bridgehead atoms. The number of imidazole rings is 1. The van der Waals surface area contributed by atoms with Crippen LogP contribution in [-0.2, 0) is 4.79 Å². The van der Waals surface area contributed by atoms with E-state index in [-0.39, 0.29) is 23.5 Å². The first-order valence-electron chi connectivity index (χ1n) is 7.74. The molecule has 0 radical (unpaired) electrons. The monoisotopic (exact) mass is 287 g/mol. The van der Waals surface area contributed by atoms with Crippen molar-refractivity contribution in [1.82, 2.24) is 15.3 Å². The molecule has 1 saturated carbocycles. The van der Waals surface area contributed by atoms with E-state index in [0.29, 0.717) is 18.7 Å². The van der Waals surface area contributed by atoms with Gasteiger partial charge in [-0.15, -0.1) is 0 Å². The van der Waals surface area contributed by atoms with Crippen LogP contribution in [0.5, 0.6) is 0 Å². The zero-order valence-corrected chi connectivity index (χ0v) is 12.1. The third-order valence-electron chi connectivity index (χ3n) is 4.36. The Balaban J connectivity index is 1.41. The molecule has 0 aromatic carbocycles. The molecule has 1 aromatic rings. The molecular weight excluding hydrogens is 266 g/mol. The second kappa shape index (κ2) is 6.24. The fraction of sp³-hybridized carbons (Fsp3) is 0.562. The van der Waals surface area contributed by atoms with E-state index in [1.54, 1.807) is 0 Å². The molecule has 2 N–H and O–H groups in total. The van der Waals surface area contributed by atoms with Gasteiger partial charge in [0.2, 0.25) is 5.91 Å². The van der Waals surface area contributed by atoms with Gasteiger partial charge in [0.25, 0.3) is 0 Å². The highest BCUT2D eigenvalue weighted by molar-refractivity contribution is 6.02. The molecule has 2 aliphatic rings. The van der Waals surface area contributed by atoms with Crippen molar-refractivity contribution >= 4 is 11.7 Å². The molecule has 0 aliphatic heterocycles. The van der Waals surface area contributed by atoms with Crippen LogP contribution < -0.4 is 5.32 Å². The van der Waals surface area contributed by atoms with Crippen molar-refractivity contribution in [3.63, 3.8) is 0 Å². The molecule has 21 heavy (non-hydrogen) atoms. The molecule has 1 amide bonds. The van der Waals surface area contributed by atoms with E-state index in [0.717, 1.165) is 6.42 Å². The zero-order chi connectivity index (χ0) is 14.7. The molecule has 3 rings (SSSR count). The Kier molecular flexibility index (Phi) is 4.18. The summed E-state index contributed by atoms with van der Waals surface area (Å²) in [5.41, 5.74) is 1.96. The second-order valence-electron chi connectivity index (χ2n) is 5.93. The largest absolute Gasteiger partial charge is 0.356 e. The molecule has 2 aliphatic carbocycles. The summed E-state index contributed by atoms with van der Waals surface area (Å²) in [6, 6.07) is 0. The number of aromatic nitrogens is 2. The lowest BCUT2D eigenvalue weighted by molar-refractivity contribution is -0.122. The van der Waals surface area contributed by atoms with Crippen LogP contribution >= 0.6 is 0 Å². The zero-order valence-electron chi connectivity index (χ0n) is 12.1. The lowest BCUT2D eigenvalue weighted by Crippen LogP contribution is -2.27. The van der Waals surface area contributed by atoms with E-state index < -0.39 is 0 Å². The molecule has 5 heteroatoms. The van der Waals surface area contributed by atoms with Gasteiger partial charge in [-0.3, -0.25) is 9.59 Å². The number of H-pyrrole nitrogens is 1. The summed E-state index contributed by atoms with van der Waals surface area (Å²) in [5.74, 6) is -0.299. The minimum absolute atomic E-state index is 0.00244. The number of aromatic amines is 1. The maximum atomic E-state index is 12.0. The van der Waals surface area contributed by atoms with Crippen molar-refractivity contribution in [3.05, 3.63) is 29.9 Å². The Hall–Kier alpha value is -1.91. The van der Waals surface area contributed by atoms with E-state index in [1.165, 1.54) is 43.8 Å². The Morgan fingerprint density at radius 2 is 2.24 bits per heavy atom. The van der Waals surface area contributed by atoms with Gasteiger partial charge in [0, 0.05) is 18.4 Å². The molecular formula is C16H21N3O2. The van der Waals surface area contributed by atoms with Crippen LogP contribution in [0.15, 0.2) is 24.2 Å². The number of amides is 1. The van der Waals surface area contributed by atoms with Gasteiger partial charge in [-0.05, 0) is 38.5 Å². The fourth-order valence-electron chi connectivity index (χ4n) is 2.97. The number of ketones is 1. The number of nitrogens with zero attached hydrogens (tertiary/aromatic N) is 1. The Morgan fingerprint density at radius 1 is 1.33 bits per heavy atom. The summed E-state index contributed by atoms with van der Waals surface area (Å²) < 4.78 is 0. The summed E-state index contributed by atoms with van der Waals surface area (Å²) in [4.78, 5) is 30.7. The number of carbonyl (C=O) groups excluding carboxylic acids is 2. The Labute approximate surface area is 124 Å².